The lowest BCUT2D eigenvalue weighted by Crippen LogP contribution is -2.54. The van der Waals surface area contributed by atoms with E-state index in [1.54, 1.807) is 31.4 Å². The van der Waals surface area contributed by atoms with Gasteiger partial charge in [-0.05, 0) is 43.4 Å². The quantitative estimate of drug-likeness (QED) is 0.697. The van der Waals surface area contributed by atoms with Gasteiger partial charge in [-0.15, -0.1) is 0 Å². The number of amides is 3. The fourth-order valence-electron chi connectivity index (χ4n) is 3.56. The Balaban J connectivity index is 2.10. The van der Waals surface area contributed by atoms with Crippen molar-refractivity contribution in [3.8, 4) is 5.75 Å². The molecule has 160 valence electrons. The minimum absolute atomic E-state index is 0.0161. The van der Waals surface area contributed by atoms with E-state index in [0.29, 0.717) is 43.8 Å². The maximum absolute atomic E-state index is 12.8. The van der Waals surface area contributed by atoms with E-state index in [0.717, 1.165) is 6.42 Å². The number of rotatable bonds is 8. The predicted octanol–water partition coefficient (Wildman–Crippen LogP) is 2.21. The lowest BCUT2D eigenvalue weighted by atomic mass is 9.88. The molecule has 0 saturated carbocycles. The van der Waals surface area contributed by atoms with E-state index in [1.165, 1.54) is 0 Å². The second-order valence-electron chi connectivity index (χ2n) is 7.79. The summed E-state index contributed by atoms with van der Waals surface area (Å²) in [5, 5.41) is 5.82. The molecule has 0 spiro atoms. The van der Waals surface area contributed by atoms with Crippen LogP contribution in [0.1, 0.15) is 50.4 Å². The highest BCUT2D eigenvalue weighted by atomic mass is 16.5. The molecule has 1 saturated heterocycles. The van der Waals surface area contributed by atoms with Gasteiger partial charge in [0.15, 0.2) is 0 Å². The van der Waals surface area contributed by atoms with Crippen molar-refractivity contribution >= 4 is 17.7 Å². The maximum atomic E-state index is 12.8. The third kappa shape index (κ3) is 6.21. The second-order valence-corrected chi connectivity index (χ2v) is 7.79. The molecule has 1 aliphatic heterocycles. The highest BCUT2D eigenvalue weighted by Crippen LogP contribution is 2.23. The number of benzene rings is 1. The van der Waals surface area contributed by atoms with Crippen LogP contribution in [0, 0.1) is 11.8 Å². The van der Waals surface area contributed by atoms with Gasteiger partial charge < -0.3 is 20.3 Å². The van der Waals surface area contributed by atoms with Crippen molar-refractivity contribution in [3.05, 3.63) is 29.8 Å². The van der Waals surface area contributed by atoms with Crippen LogP contribution in [-0.4, -0.2) is 55.4 Å². The SMILES string of the molecule is CCCNC(=O)[C@@H](NC(=O)c1cccc(OC)c1)C1CCN(C(=O)C(C)C)CC1. The molecule has 0 unspecified atom stereocenters. The molecule has 2 rings (SSSR count). The van der Waals surface area contributed by atoms with Gasteiger partial charge in [-0.3, -0.25) is 14.4 Å². The monoisotopic (exact) mass is 403 g/mol. The summed E-state index contributed by atoms with van der Waals surface area (Å²) in [6.07, 6.45) is 2.19. The van der Waals surface area contributed by atoms with Crippen LogP contribution in [-0.2, 0) is 9.59 Å². The average Bonchev–Trinajstić information content (AvgIpc) is 2.75. The smallest absolute Gasteiger partial charge is 0.252 e. The van der Waals surface area contributed by atoms with Crippen molar-refractivity contribution in [3.63, 3.8) is 0 Å². The molecule has 1 aromatic carbocycles. The molecule has 7 heteroatoms. The maximum Gasteiger partial charge on any atom is 0.252 e. The van der Waals surface area contributed by atoms with Gasteiger partial charge in [0.2, 0.25) is 11.8 Å². The van der Waals surface area contributed by atoms with Crippen LogP contribution in [0.25, 0.3) is 0 Å². The number of likely N-dealkylation sites (tertiary alicyclic amines) is 1. The Labute approximate surface area is 173 Å². The third-order valence-electron chi connectivity index (χ3n) is 5.27. The van der Waals surface area contributed by atoms with Crippen LogP contribution >= 0.6 is 0 Å². The van der Waals surface area contributed by atoms with E-state index in [9.17, 15) is 14.4 Å². The van der Waals surface area contributed by atoms with Gasteiger partial charge in [-0.25, -0.2) is 0 Å². The van der Waals surface area contributed by atoms with Gasteiger partial charge in [0, 0.05) is 31.1 Å². The van der Waals surface area contributed by atoms with Crippen LogP contribution in [0.2, 0.25) is 0 Å². The molecular weight excluding hydrogens is 370 g/mol. The number of nitrogens with zero attached hydrogens (tertiary/aromatic N) is 1. The zero-order chi connectivity index (χ0) is 21.4. The minimum atomic E-state index is -0.628. The predicted molar refractivity (Wildman–Crippen MR) is 112 cm³/mol. The van der Waals surface area contributed by atoms with Crippen molar-refractivity contribution < 1.29 is 19.1 Å². The third-order valence-corrected chi connectivity index (χ3v) is 5.27. The number of carbonyl (C=O) groups excluding carboxylic acids is 3. The molecule has 0 radical (unpaired) electrons. The van der Waals surface area contributed by atoms with Crippen LogP contribution in [0.5, 0.6) is 5.75 Å². The molecule has 1 aliphatic rings. The topological polar surface area (TPSA) is 87.7 Å². The summed E-state index contributed by atoms with van der Waals surface area (Å²) in [5.41, 5.74) is 0.449. The van der Waals surface area contributed by atoms with Gasteiger partial charge in [0.05, 0.1) is 7.11 Å². The normalized spacial score (nSPS) is 15.7. The summed E-state index contributed by atoms with van der Waals surface area (Å²) in [6.45, 7) is 7.55. The molecule has 1 atom stereocenters. The van der Waals surface area contributed by atoms with Crippen LogP contribution in [0.4, 0.5) is 0 Å². The Hall–Kier alpha value is -2.57. The number of nitrogens with one attached hydrogen (secondary N) is 2. The number of hydrogen-bond donors (Lipinski definition) is 2. The Bertz CT molecular complexity index is 712. The van der Waals surface area contributed by atoms with Gasteiger partial charge in [0.1, 0.15) is 11.8 Å². The van der Waals surface area contributed by atoms with E-state index in [2.05, 4.69) is 10.6 Å². The molecule has 0 aliphatic carbocycles. The second kappa shape index (κ2) is 10.8. The average molecular weight is 404 g/mol. The number of ether oxygens (including phenoxy) is 1. The fraction of sp³-hybridized carbons (Fsp3) is 0.591. The van der Waals surface area contributed by atoms with Crippen LogP contribution in [0.15, 0.2) is 24.3 Å². The summed E-state index contributed by atoms with van der Waals surface area (Å²) >= 11 is 0. The number of methoxy groups -OCH3 is 1. The van der Waals surface area contributed by atoms with E-state index in [4.69, 9.17) is 4.74 Å². The lowest BCUT2D eigenvalue weighted by molar-refractivity contribution is -0.136. The summed E-state index contributed by atoms with van der Waals surface area (Å²) in [5.74, 6) is 0.194. The van der Waals surface area contributed by atoms with Gasteiger partial charge in [-0.1, -0.05) is 26.8 Å². The van der Waals surface area contributed by atoms with E-state index >= 15 is 0 Å². The van der Waals surface area contributed by atoms with Crippen LogP contribution in [0.3, 0.4) is 0 Å². The largest absolute Gasteiger partial charge is 0.497 e. The standard InChI is InChI=1S/C22H33N3O4/c1-5-11-23-21(27)19(16-9-12-25(13-10-16)22(28)15(2)3)24-20(26)17-7-6-8-18(14-17)29-4/h6-8,14-16,19H,5,9-13H2,1-4H3,(H,23,27)(H,24,26)/t19-/m0/s1. The lowest BCUT2D eigenvalue weighted by Gasteiger charge is -2.36. The molecule has 1 fully saturated rings. The molecule has 0 aromatic heterocycles. The Kier molecular flexibility index (Phi) is 8.49. The van der Waals surface area contributed by atoms with E-state index in [1.807, 2.05) is 25.7 Å². The zero-order valence-electron chi connectivity index (χ0n) is 17.9. The van der Waals surface area contributed by atoms with E-state index in [-0.39, 0.29) is 29.6 Å². The molecule has 3 amide bonds. The van der Waals surface area contributed by atoms with Gasteiger partial charge in [0.25, 0.3) is 5.91 Å². The molecule has 29 heavy (non-hydrogen) atoms. The number of piperidine rings is 1. The highest BCUT2D eigenvalue weighted by Gasteiger charge is 2.34. The summed E-state index contributed by atoms with van der Waals surface area (Å²) in [7, 11) is 1.55. The van der Waals surface area contributed by atoms with Crippen molar-refractivity contribution in [2.45, 2.75) is 46.1 Å². The molecule has 0 bridgehead atoms. The summed E-state index contributed by atoms with van der Waals surface area (Å²) < 4.78 is 5.18. The fourth-order valence-corrected chi connectivity index (χ4v) is 3.56. The Morgan fingerprint density at radius 2 is 1.90 bits per heavy atom. The first-order valence-electron chi connectivity index (χ1n) is 10.4. The van der Waals surface area contributed by atoms with E-state index < -0.39 is 6.04 Å². The van der Waals surface area contributed by atoms with Crippen LogP contribution < -0.4 is 15.4 Å². The number of carbonyl (C=O) groups is 3. The Morgan fingerprint density at radius 1 is 1.21 bits per heavy atom. The molecular formula is C22H33N3O4. The summed E-state index contributed by atoms with van der Waals surface area (Å²) in [4.78, 5) is 39.7. The molecule has 1 aromatic rings. The first kappa shape index (κ1) is 22.7. The first-order chi connectivity index (χ1) is 13.9. The molecule has 1 heterocycles. The molecule has 7 nitrogen and oxygen atoms in total. The van der Waals surface area contributed by atoms with Crippen molar-refractivity contribution in [1.82, 2.24) is 15.5 Å². The zero-order valence-corrected chi connectivity index (χ0v) is 17.9. The van der Waals surface area contributed by atoms with Gasteiger partial charge in [-0.2, -0.15) is 0 Å². The summed E-state index contributed by atoms with van der Waals surface area (Å²) in [6, 6.07) is 6.24. The van der Waals surface area contributed by atoms with Crippen molar-refractivity contribution in [1.29, 1.82) is 0 Å². The molecule has 2 N–H and O–H groups in total. The van der Waals surface area contributed by atoms with Crippen molar-refractivity contribution in [2.75, 3.05) is 26.7 Å². The first-order valence-corrected chi connectivity index (χ1v) is 10.4. The minimum Gasteiger partial charge on any atom is -0.497 e. The highest BCUT2D eigenvalue weighted by molar-refractivity contribution is 5.98. The van der Waals surface area contributed by atoms with Crippen molar-refractivity contribution in [2.24, 2.45) is 11.8 Å². The Morgan fingerprint density at radius 3 is 2.48 bits per heavy atom. The van der Waals surface area contributed by atoms with Gasteiger partial charge >= 0.3 is 0 Å². The number of hydrogen-bond acceptors (Lipinski definition) is 4.